The maximum Gasteiger partial charge on any atom is 0.0598 e. The molecule has 0 fully saturated rings. The van der Waals surface area contributed by atoms with Crippen molar-refractivity contribution in [2.75, 3.05) is 5.73 Å². The summed E-state index contributed by atoms with van der Waals surface area (Å²) >= 11 is 11.8. The fourth-order valence-corrected chi connectivity index (χ4v) is 1.72. The van der Waals surface area contributed by atoms with Gasteiger partial charge in [0.1, 0.15) is 0 Å². The van der Waals surface area contributed by atoms with Crippen molar-refractivity contribution in [2.24, 2.45) is 0 Å². The van der Waals surface area contributed by atoms with Crippen LogP contribution in [0.2, 0.25) is 10.0 Å². The zero-order chi connectivity index (χ0) is 10.8. The van der Waals surface area contributed by atoms with Gasteiger partial charge in [-0.2, -0.15) is 0 Å². The quantitative estimate of drug-likeness (QED) is 0.752. The van der Waals surface area contributed by atoms with E-state index in [1.165, 1.54) is 0 Å². The Morgan fingerprint density at radius 2 is 1.56 bits per heavy atom. The molecule has 16 heavy (non-hydrogen) atoms. The second-order valence-electron chi connectivity index (χ2n) is 3.22. The van der Waals surface area contributed by atoms with Crippen molar-refractivity contribution in [3.63, 3.8) is 0 Å². The average Bonchev–Trinajstić information content (AvgIpc) is 2.23. The third kappa shape index (κ3) is 2.62. The molecule has 2 aromatic rings. The highest BCUT2D eigenvalue weighted by Gasteiger charge is 2.04. The van der Waals surface area contributed by atoms with E-state index >= 15 is 0 Å². The lowest BCUT2D eigenvalue weighted by molar-refractivity contribution is 1.61. The number of nitrogen functional groups attached to an aromatic ring is 1. The average molecular weight is 275 g/mol. The molecule has 0 unspecified atom stereocenters. The van der Waals surface area contributed by atoms with Crippen molar-refractivity contribution in [2.45, 2.75) is 0 Å². The number of anilines is 1. The predicted molar refractivity (Wildman–Crippen MR) is 73.6 cm³/mol. The molecule has 84 valence electrons. The summed E-state index contributed by atoms with van der Waals surface area (Å²) in [6.07, 6.45) is 0. The molecule has 0 atom stereocenters. The van der Waals surface area contributed by atoms with Crippen molar-refractivity contribution in [3.05, 3.63) is 52.5 Å². The minimum Gasteiger partial charge on any atom is -0.398 e. The van der Waals surface area contributed by atoms with Crippen LogP contribution in [0.1, 0.15) is 0 Å². The summed E-state index contributed by atoms with van der Waals surface area (Å²) in [7, 11) is 0. The van der Waals surface area contributed by atoms with E-state index in [2.05, 4.69) is 0 Å². The first kappa shape index (κ1) is 13.2. The smallest absolute Gasteiger partial charge is 0.0598 e. The summed E-state index contributed by atoms with van der Waals surface area (Å²) in [4.78, 5) is 0. The molecule has 0 saturated carbocycles. The van der Waals surface area contributed by atoms with Crippen LogP contribution in [0.15, 0.2) is 42.5 Å². The van der Waals surface area contributed by atoms with Gasteiger partial charge in [-0.25, -0.2) is 0 Å². The van der Waals surface area contributed by atoms with Crippen molar-refractivity contribution in [3.8, 4) is 11.1 Å². The van der Waals surface area contributed by atoms with E-state index in [1.807, 2.05) is 36.4 Å². The molecule has 0 aliphatic heterocycles. The van der Waals surface area contributed by atoms with Gasteiger partial charge in [-0.15, -0.1) is 12.4 Å². The molecule has 0 radical (unpaired) electrons. The minimum atomic E-state index is 0. The van der Waals surface area contributed by atoms with Gasteiger partial charge in [0, 0.05) is 11.3 Å². The SMILES string of the molecule is Cl.Nc1ccccc1-c1ccc(Cl)c(Cl)c1. The Hall–Kier alpha value is -0.890. The molecule has 2 aromatic carbocycles. The fourth-order valence-electron chi connectivity index (χ4n) is 1.42. The zero-order valence-electron chi connectivity index (χ0n) is 8.28. The number of nitrogens with two attached hydrogens (primary N) is 1. The third-order valence-electron chi connectivity index (χ3n) is 2.19. The maximum absolute atomic E-state index is 5.94. The molecule has 0 aliphatic rings. The second-order valence-corrected chi connectivity index (χ2v) is 4.03. The van der Waals surface area contributed by atoms with Crippen LogP contribution < -0.4 is 5.73 Å². The number of rotatable bonds is 1. The van der Waals surface area contributed by atoms with Gasteiger partial charge in [0.25, 0.3) is 0 Å². The van der Waals surface area contributed by atoms with E-state index in [-0.39, 0.29) is 12.4 Å². The summed E-state index contributed by atoms with van der Waals surface area (Å²) in [5.74, 6) is 0. The molecule has 0 spiro atoms. The first-order valence-corrected chi connectivity index (χ1v) is 5.24. The van der Waals surface area contributed by atoms with E-state index < -0.39 is 0 Å². The Bertz CT molecular complexity index is 497. The summed E-state index contributed by atoms with van der Waals surface area (Å²) in [6.45, 7) is 0. The van der Waals surface area contributed by atoms with Crippen LogP contribution in [0.3, 0.4) is 0 Å². The molecule has 0 aromatic heterocycles. The summed E-state index contributed by atoms with van der Waals surface area (Å²) in [5, 5.41) is 1.09. The number of hydrogen-bond acceptors (Lipinski definition) is 1. The highest BCUT2D eigenvalue weighted by molar-refractivity contribution is 6.42. The van der Waals surface area contributed by atoms with Gasteiger partial charge in [0.2, 0.25) is 0 Å². The zero-order valence-corrected chi connectivity index (χ0v) is 10.6. The van der Waals surface area contributed by atoms with Gasteiger partial charge < -0.3 is 5.73 Å². The molecule has 2 N–H and O–H groups in total. The van der Waals surface area contributed by atoms with Gasteiger partial charge in [-0.1, -0.05) is 47.5 Å². The molecule has 0 saturated heterocycles. The Morgan fingerprint density at radius 3 is 2.19 bits per heavy atom. The monoisotopic (exact) mass is 273 g/mol. The van der Waals surface area contributed by atoms with Crippen molar-refractivity contribution in [1.29, 1.82) is 0 Å². The molecule has 4 heteroatoms. The first-order valence-electron chi connectivity index (χ1n) is 4.48. The molecule has 0 aliphatic carbocycles. The Morgan fingerprint density at radius 1 is 0.875 bits per heavy atom. The Balaban J connectivity index is 0.00000128. The van der Waals surface area contributed by atoms with Crippen LogP contribution in [0.5, 0.6) is 0 Å². The highest BCUT2D eigenvalue weighted by Crippen LogP contribution is 2.31. The van der Waals surface area contributed by atoms with E-state index in [1.54, 1.807) is 6.07 Å². The standard InChI is InChI=1S/C12H9Cl2N.ClH/c13-10-6-5-8(7-11(10)14)9-3-1-2-4-12(9)15;/h1-7H,15H2;1H. The van der Waals surface area contributed by atoms with E-state index in [0.29, 0.717) is 10.0 Å². The maximum atomic E-state index is 5.94. The van der Waals surface area contributed by atoms with Crippen LogP contribution >= 0.6 is 35.6 Å². The number of benzene rings is 2. The Labute approximate surface area is 111 Å². The molecule has 0 amide bonds. The largest absolute Gasteiger partial charge is 0.398 e. The van der Waals surface area contributed by atoms with E-state index in [4.69, 9.17) is 28.9 Å². The summed E-state index contributed by atoms with van der Waals surface area (Å²) in [6, 6.07) is 13.1. The fraction of sp³-hybridized carbons (Fsp3) is 0. The molecule has 1 nitrogen and oxygen atoms in total. The lowest BCUT2D eigenvalue weighted by Gasteiger charge is -2.06. The molecule has 2 rings (SSSR count). The van der Waals surface area contributed by atoms with E-state index in [9.17, 15) is 0 Å². The molecular weight excluding hydrogens is 264 g/mol. The lowest BCUT2D eigenvalue weighted by atomic mass is 10.0. The van der Waals surface area contributed by atoms with Gasteiger partial charge in [-0.3, -0.25) is 0 Å². The molecular formula is C12H10Cl3N. The van der Waals surface area contributed by atoms with Crippen LogP contribution in [-0.4, -0.2) is 0 Å². The van der Waals surface area contributed by atoms with Crippen molar-refractivity contribution in [1.82, 2.24) is 0 Å². The van der Waals surface area contributed by atoms with Crippen molar-refractivity contribution < 1.29 is 0 Å². The number of halogens is 3. The lowest BCUT2D eigenvalue weighted by Crippen LogP contribution is -1.88. The Kier molecular flexibility index (Phi) is 4.48. The topological polar surface area (TPSA) is 26.0 Å². The molecule has 0 heterocycles. The second kappa shape index (κ2) is 5.44. The van der Waals surface area contributed by atoms with Crippen LogP contribution in [0.4, 0.5) is 5.69 Å². The van der Waals surface area contributed by atoms with Crippen LogP contribution in [0.25, 0.3) is 11.1 Å². The van der Waals surface area contributed by atoms with Crippen LogP contribution in [0, 0.1) is 0 Å². The summed E-state index contributed by atoms with van der Waals surface area (Å²) < 4.78 is 0. The van der Waals surface area contributed by atoms with Crippen LogP contribution in [-0.2, 0) is 0 Å². The van der Waals surface area contributed by atoms with Gasteiger partial charge in [0.05, 0.1) is 10.0 Å². The normalized spacial score (nSPS) is 9.62. The number of hydrogen-bond donors (Lipinski definition) is 1. The predicted octanol–water partition coefficient (Wildman–Crippen LogP) is 4.66. The third-order valence-corrected chi connectivity index (χ3v) is 2.93. The van der Waals surface area contributed by atoms with Gasteiger partial charge in [-0.05, 0) is 23.8 Å². The highest BCUT2D eigenvalue weighted by atomic mass is 35.5. The number of para-hydroxylation sites is 1. The molecule has 0 bridgehead atoms. The minimum absolute atomic E-state index is 0. The van der Waals surface area contributed by atoms with E-state index in [0.717, 1.165) is 16.8 Å². The van der Waals surface area contributed by atoms with Crippen molar-refractivity contribution >= 4 is 41.3 Å². The first-order chi connectivity index (χ1) is 7.18. The summed E-state index contributed by atoms with van der Waals surface area (Å²) in [5.41, 5.74) is 8.54. The van der Waals surface area contributed by atoms with Gasteiger partial charge in [0.15, 0.2) is 0 Å². The van der Waals surface area contributed by atoms with Gasteiger partial charge >= 0.3 is 0 Å².